The Balaban J connectivity index is 4.75. The zero-order valence-corrected chi connectivity index (χ0v) is 14.4. The fourth-order valence-electron chi connectivity index (χ4n) is 1.67. The Labute approximate surface area is 113 Å². The van der Waals surface area contributed by atoms with Gasteiger partial charge in [0.15, 0.2) is 0 Å². The zero-order valence-electron chi connectivity index (χ0n) is 12.4. The molecule has 0 bridgehead atoms. The van der Waals surface area contributed by atoms with E-state index in [2.05, 4.69) is 5.32 Å². The van der Waals surface area contributed by atoms with Crippen molar-refractivity contribution < 1.29 is 21.8 Å². The van der Waals surface area contributed by atoms with Crippen LogP contribution in [0, 0.1) is 0 Å². The van der Waals surface area contributed by atoms with E-state index in [0.29, 0.717) is 6.04 Å². The fraction of sp³-hybridized carbons (Fsp3) is 1.00. The van der Waals surface area contributed by atoms with Crippen molar-refractivity contribution in [3.05, 3.63) is 0 Å². The minimum atomic E-state index is -2.71. The zero-order chi connectivity index (χ0) is 14.1. The molecule has 0 aromatic rings. The van der Waals surface area contributed by atoms with Gasteiger partial charge in [-0.1, -0.05) is 6.92 Å². The van der Waals surface area contributed by atoms with Gasteiger partial charge in [-0.25, -0.2) is 0 Å². The molecule has 1 N–H and O–H groups in total. The molecule has 0 saturated carbocycles. The molecule has 0 fully saturated rings. The average Bonchev–Trinajstić information content (AvgIpc) is 2.44. The highest BCUT2D eigenvalue weighted by Crippen LogP contribution is 2.24. The van der Waals surface area contributed by atoms with E-state index in [1.54, 1.807) is 28.4 Å². The lowest BCUT2D eigenvalue weighted by molar-refractivity contribution is 0.0872. The first kappa shape index (κ1) is 18.2. The lowest BCUT2D eigenvalue weighted by Gasteiger charge is -2.35. The number of hydrogen-bond acceptors (Lipinski definition) is 6. The number of rotatable bonds is 11. The first-order valence-electron chi connectivity index (χ1n) is 6.13. The fourth-order valence-corrected chi connectivity index (χ4v) is 7.81. The van der Waals surface area contributed by atoms with Crippen molar-refractivity contribution >= 4 is 17.6 Å². The van der Waals surface area contributed by atoms with Gasteiger partial charge >= 0.3 is 17.6 Å². The Morgan fingerprint density at radius 2 is 1.39 bits per heavy atom. The molecule has 8 heteroatoms. The molecule has 0 saturated heterocycles. The largest absolute Gasteiger partial charge is 0.493 e. The molecule has 0 aliphatic rings. The highest BCUT2D eigenvalue weighted by molar-refractivity contribution is 6.74. The molecule has 0 aromatic carbocycles. The Morgan fingerprint density at radius 1 is 0.889 bits per heavy atom. The summed E-state index contributed by atoms with van der Waals surface area (Å²) in [5.74, 6) is 0. The van der Waals surface area contributed by atoms with Crippen LogP contribution in [-0.4, -0.2) is 59.6 Å². The van der Waals surface area contributed by atoms with Gasteiger partial charge in [-0.15, -0.1) is 0 Å². The predicted octanol–water partition coefficient (Wildman–Crippen LogP) is 1.10. The summed E-state index contributed by atoms with van der Waals surface area (Å²) in [5.41, 5.74) is 0. The molecule has 0 heterocycles. The smallest absolute Gasteiger partial charge is 0.377 e. The normalized spacial score (nSPS) is 13.0. The summed E-state index contributed by atoms with van der Waals surface area (Å²) >= 11 is 0. The van der Waals surface area contributed by atoms with Crippen molar-refractivity contribution in [2.45, 2.75) is 25.4 Å². The maximum atomic E-state index is 6.08. The van der Waals surface area contributed by atoms with E-state index < -0.39 is 17.6 Å². The third-order valence-electron chi connectivity index (χ3n) is 2.90. The Morgan fingerprint density at radius 3 is 1.72 bits per heavy atom. The summed E-state index contributed by atoms with van der Waals surface area (Å²) in [7, 11) is 3.00. The summed E-state index contributed by atoms with van der Waals surface area (Å²) in [4.78, 5) is 0. The van der Waals surface area contributed by atoms with Crippen molar-refractivity contribution in [2.75, 3.05) is 42.0 Å². The molecule has 0 spiro atoms. The van der Waals surface area contributed by atoms with Crippen LogP contribution in [0.15, 0.2) is 0 Å². The van der Waals surface area contributed by atoms with Crippen LogP contribution in [0.25, 0.3) is 0 Å². The lowest BCUT2D eigenvalue weighted by Crippen LogP contribution is -2.57. The van der Waals surface area contributed by atoms with Gasteiger partial charge in [0.25, 0.3) is 0 Å². The average molecular weight is 298 g/mol. The van der Waals surface area contributed by atoms with Crippen molar-refractivity contribution in [3.63, 3.8) is 0 Å². The maximum Gasteiger partial charge on any atom is 0.493 e. The van der Waals surface area contributed by atoms with Crippen molar-refractivity contribution in [1.82, 2.24) is 5.32 Å². The van der Waals surface area contributed by atoms with E-state index in [9.17, 15) is 0 Å². The second-order valence-electron chi connectivity index (χ2n) is 3.85. The van der Waals surface area contributed by atoms with Gasteiger partial charge in [0, 0.05) is 40.5 Å². The van der Waals surface area contributed by atoms with Crippen molar-refractivity contribution in [1.29, 1.82) is 0 Å². The highest BCUT2D eigenvalue weighted by Gasteiger charge is 2.50. The van der Waals surface area contributed by atoms with E-state index >= 15 is 0 Å². The molecule has 110 valence electrons. The maximum absolute atomic E-state index is 6.08. The predicted molar refractivity (Wildman–Crippen MR) is 74.5 cm³/mol. The van der Waals surface area contributed by atoms with Crippen LogP contribution < -0.4 is 5.32 Å². The molecular formula is C10H27NO5Si2. The Hall–Kier alpha value is 0.194. The van der Waals surface area contributed by atoms with Gasteiger partial charge < -0.3 is 27.1 Å². The summed E-state index contributed by atoms with van der Waals surface area (Å²) < 4.78 is 28.1. The third-order valence-corrected chi connectivity index (χ3v) is 9.71. The minimum Gasteiger partial charge on any atom is -0.377 e. The van der Waals surface area contributed by atoms with Gasteiger partial charge in [0.2, 0.25) is 0 Å². The molecule has 0 radical (unpaired) electrons. The quantitative estimate of drug-likeness (QED) is 0.455. The van der Waals surface area contributed by atoms with Gasteiger partial charge in [-0.2, -0.15) is 0 Å². The SMILES string of the molecule is CC[Si](OC)(OC)O[Si](CCCNC)(OC)OC. The standard InChI is InChI=1S/C10H27NO5Si2/c1-7-17(12-3,13-4)16-18(14-5,15-6)10-8-9-11-2/h11H,7-10H2,1-6H3. The topological polar surface area (TPSA) is 58.2 Å². The molecular weight excluding hydrogens is 270 g/mol. The summed E-state index contributed by atoms with van der Waals surface area (Å²) in [6, 6.07) is 1.43. The van der Waals surface area contributed by atoms with Crippen LogP contribution in [0.1, 0.15) is 13.3 Å². The van der Waals surface area contributed by atoms with Gasteiger partial charge in [-0.05, 0) is 20.0 Å². The third kappa shape index (κ3) is 5.06. The number of hydrogen-bond donors (Lipinski definition) is 1. The van der Waals surface area contributed by atoms with Crippen molar-refractivity contribution in [2.24, 2.45) is 0 Å². The van der Waals surface area contributed by atoms with Crippen LogP contribution in [0.2, 0.25) is 12.1 Å². The summed E-state index contributed by atoms with van der Waals surface area (Å²) in [6.07, 6.45) is 0.923. The van der Waals surface area contributed by atoms with Crippen molar-refractivity contribution in [3.8, 4) is 0 Å². The Bertz CT molecular complexity index is 204. The molecule has 18 heavy (non-hydrogen) atoms. The highest BCUT2D eigenvalue weighted by atomic mass is 28.5. The van der Waals surface area contributed by atoms with Crippen LogP contribution in [0.3, 0.4) is 0 Å². The lowest BCUT2D eigenvalue weighted by atomic mass is 10.5. The monoisotopic (exact) mass is 297 g/mol. The minimum absolute atomic E-state index is 0.688. The van der Waals surface area contributed by atoms with Gasteiger partial charge in [0.05, 0.1) is 0 Å². The van der Waals surface area contributed by atoms with E-state index in [1.165, 1.54) is 0 Å². The van der Waals surface area contributed by atoms with Gasteiger partial charge in [0.1, 0.15) is 0 Å². The summed E-state index contributed by atoms with van der Waals surface area (Å²) in [6.45, 7) is 2.88. The number of nitrogens with one attached hydrogen (secondary N) is 1. The molecule has 0 unspecified atom stereocenters. The van der Waals surface area contributed by atoms with Gasteiger partial charge in [-0.3, -0.25) is 0 Å². The molecule has 0 atom stereocenters. The van der Waals surface area contributed by atoms with E-state index in [0.717, 1.165) is 19.0 Å². The van der Waals surface area contributed by atoms with Crippen LogP contribution in [0.4, 0.5) is 0 Å². The second-order valence-corrected chi connectivity index (χ2v) is 10.2. The Kier molecular flexibility index (Phi) is 9.25. The van der Waals surface area contributed by atoms with Crippen LogP contribution in [0.5, 0.6) is 0 Å². The summed E-state index contributed by atoms with van der Waals surface area (Å²) in [5, 5.41) is 3.10. The first-order chi connectivity index (χ1) is 8.57. The molecule has 6 nitrogen and oxygen atoms in total. The van der Waals surface area contributed by atoms with Crippen LogP contribution in [-0.2, 0) is 21.8 Å². The molecule has 0 aromatic heterocycles. The van der Waals surface area contributed by atoms with E-state index in [4.69, 9.17) is 21.8 Å². The molecule has 0 aliphatic carbocycles. The molecule has 0 amide bonds. The second kappa shape index (κ2) is 9.15. The first-order valence-corrected chi connectivity index (χ1v) is 9.99. The van der Waals surface area contributed by atoms with Crippen LogP contribution >= 0.6 is 0 Å². The van der Waals surface area contributed by atoms with E-state index in [-0.39, 0.29) is 0 Å². The van der Waals surface area contributed by atoms with E-state index in [1.807, 2.05) is 14.0 Å². The molecule has 0 aliphatic heterocycles. The molecule has 0 rings (SSSR count).